The molecule has 1 unspecified atom stereocenters. The van der Waals surface area contributed by atoms with Crippen molar-refractivity contribution < 1.29 is 9.53 Å². The molecule has 0 aliphatic rings. The fourth-order valence-corrected chi connectivity index (χ4v) is 1.77. The summed E-state index contributed by atoms with van der Waals surface area (Å²) in [6.45, 7) is 2.68. The number of hydrogen-bond acceptors (Lipinski definition) is 4. The summed E-state index contributed by atoms with van der Waals surface area (Å²) < 4.78 is 4.64. The molecule has 5 nitrogen and oxygen atoms in total. The number of rotatable bonds is 5. The van der Waals surface area contributed by atoms with Gasteiger partial charge in [-0.3, -0.25) is 4.98 Å². The number of nitrogens with zero attached hydrogens (tertiary/aromatic N) is 1. The van der Waals surface area contributed by atoms with Crippen molar-refractivity contribution in [1.82, 2.24) is 15.3 Å². The molecule has 0 aliphatic heterocycles. The van der Waals surface area contributed by atoms with Crippen LogP contribution in [-0.2, 0) is 11.3 Å². The maximum atomic E-state index is 11.3. The molecule has 2 heterocycles. The third kappa shape index (κ3) is 3.42. The number of esters is 1. The summed E-state index contributed by atoms with van der Waals surface area (Å²) in [6.07, 6.45) is 1.78. The minimum Gasteiger partial charge on any atom is -0.464 e. The van der Waals surface area contributed by atoms with Crippen molar-refractivity contribution in [3.05, 3.63) is 53.6 Å². The highest BCUT2D eigenvalue weighted by atomic mass is 16.5. The second-order valence-corrected chi connectivity index (χ2v) is 4.25. The Kier molecular flexibility index (Phi) is 4.30. The highest BCUT2D eigenvalue weighted by Crippen LogP contribution is 2.10. The second kappa shape index (κ2) is 6.15. The third-order valence-electron chi connectivity index (χ3n) is 2.88. The number of carbonyl (C=O) groups excluding carboxylic acids is 1. The van der Waals surface area contributed by atoms with Crippen molar-refractivity contribution >= 4 is 5.97 Å². The number of aromatic nitrogens is 2. The van der Waals surface area contributed by atoms with Gasteiger partial charge in [0.05, 0.1) is 12.8 Å². The molecule has 100 valence electrons. The number of hydrogen-bond donors (Lipinski definition) is 2. The van der Waals surface area contributed by atoms with Crippen LogP contribution in [0.2, 0.25) is 0 Å². The Hall–Kier alpha value is -2.14. The van der Waals surface area contributed by atoms with Crippen molar-refractivity contribution in [2.45, 2.75) is 19.5 Å². The van der Waals surface area contributed by atoms with Crippen molar-refractivity contribution in [2.75, 3.05) is 7.11 Å². The first-order chi connectivity index (χ1) is 9.20. The molecule has 19 heavy (non-hydrogen) atoms. The fraction of sp³-hybridized carbons (Fsp3) is 0.286. The topological polar surface area (TPSA) is 67.0 Å². The molecule has 1 atom stereocenters. The molecule has 0 spiro atoms. The fourth-order valence-electron chi connectivity index (χ4n) is 1.77. The average Bonchev–Trinajstić information content (AvgIpc) is 2.93. The lowest BCUT2D eigenvalue weighted by atomic mass is 10.2. The van der Waals surface area contributed by atoms with Gasteiger partial charge in [-0.2, -0.15) is 0 Å². The number of nitrogens with one attached hydrogen (secondary N) is 2. The Morgan fingerprint density at radius 3 is 2.95 bits per heavy atom. The Balaban J connectivity index is 1.92. The normalized spacial score (nSPS) is 12.1. The molecule has 0 aromatic carbocycles. The summed E-state index contributed by atoms with van der Waals surface area (Å²) in [5, 5.41) is 3.34. The molecule has 0 aliphatic carbocycles. The van der Waals surface area contributed by atoms with E-state index in [1.807, 2.05) is 31.2 Å². The summed E-state index contributed by atoms with van der Waals surface area (Å²) in [7, 11) is 1.37. The van der Waals surface area contributed by atoms with Gasteiger partial charge in [0.1, 0.15) is 5.69 Å². The molecule has 5 heteroatoms. The van der Waals surface area contributed by atoms with E-state index in [0.29, 0.717) is 12.2 Å². The van der Waals surface area contributed by atoms with Gasteiger partial charge in [-0.1, -0.05) is 6.07 Å². The van der Waals surface area contributed by atoms with Crippen LogP contribution in [0.5, 0.6) is 0 Å². The van der Waals surface area contributed by atoms with Gasteiger partial charge in [-0.15, -0.1) is 0 Å². The van der Waals surface area contributed by atoms with Crippen LogP contribution in [0.4, 0.5) is 0 Å². The molecule has 2 aromatic rings. The van der Waals surface area contributed by atoms with Gasteiger partial charge in [0.15, 0.2) is 0 Å². The van der Waals surface area contributed by atoms with Gasteiger partial charge in [0.25, 0.3) is 0 Å². The molecule has 0 bridgehead atoms. The lowest BCUT2D eigenvalue weighted by Crippen LogP contribution is -2.19. The molecule has 0 saturated carbocycles. The van der Waals surface area contributed by atoms with Crippen LogP contribution in [0.3, 0.4) is 0 Å². The van der Waals surface area contributed by atoms with Gasteiger partial charge < -0.3 is 15.0 Å². The first-order valence-corrected chi connectivity index (χ1v) is 6.11. The van der Waals surface area contributed by atoms with Crippen molar-refractivity contribution in [3.63, 3.8) is 0 Å². The SMILES string of the molecule is COC(=O)c1ccc(CNC(C)c2ccccn2)[nH]1. The Labute approximate surface area is 112 Å². The first kappa shape index (κ1) is 13.3. The molecule has 0 saturated heterocycles. The molecule has 0 radical (unpaired) electrons. The van der Waals surface area contributed by atoms with Crippen LogP contribution >= 0.6 is 0 Å². The summed E-state index contributed by atoms with van der Waals surface area (Å²) in [4.78, 5) is 18.6. The maximum absolute atomic E-state index is 11.3. The van der Waals surface area contributed by atoms with Gasteiger partial charge in [0, 0.05) is 24.5 Å². The predicted molar refractivity (Wildman–Crippen MR) is 71.6 cm³/mol. The van der Waals surface area contributed by atoms with E-state index in [9.17, 15) is 4.79 Å². The minimum atomic E-state index is -0.357. The molecule has 2 rings (SSSR count). The smallest absolute Gasteiger partial charge is 0.354 e. The van der Waals surface area contributed by atoms with Crippen LogP contribution in [0.1, 0.15) is 34.8 Å². The third-order valence-corrected chi connectivity index (χ3v) is 2.88. The summed E-state index contributed by atoms with van der Waals surface area (Å²) in [5.74, 6) is -0.357. The summed E-state index contributed by atoms with van der Waals surface area (Å²) in [6, 6.07) is 9.56. The number of ether oxygens (including phenoxy) is 1. The van der Waals surface area contributed by atoms with Crippen LogP contribution in [-0.4, -0.2) is 23.0 Å². The van der Waals surface area contributed by atoms with Crippen LogP contribution < -0.4 is 5.32 Å². The van der Waals surface area contributed by atoms with E-state index in [4.69, 9.17) is 0 Å². The Bertz CT molecular complexity index is 537. The average molecular weight is 259 g/mol. The van der Waals surface area contributed by atoms with E-state index >= 15 is 0 Å². The highest BCUT2D eigenvalue weighted by molar-refractivity contribution is 5.87. The minimum absolute atomic E-state index is 0.145. The lowest BCUT2D eigenvalue weighted by Gasteiger charge is -2.12. The van der Waals surface area contributed by atoms with Crippen LogP contribution in [0.15, 0.2) is 36.5 Å². The molecular formula is C14H17N3O2. The van der Waals surface area contributed by atoms with Crippen molar-refractivity contribution in [1.29, 1.82) is 0 Å². The number of aromatic amines is 1. The molecule has 0 amide bonds. The Morgan fingerprint density at radius 1 is 1.42 bits per heavy atom. The quantitative estimate of drug-likeness (QED) is 0.806. The Morgan fingerprint density at radius 2 is 2.26 bits per heavy atom. The summed E-state index contributed by atoms with van der Waals surface area (Å²) in [5.41, 5.74) is 2.38. The molecule has 2 N–H and O–H groups in total. The monoisotopic (exact) mass is 259 g/mol. The van der Waals surface area contributed by atoms with Gasteiger partial charge in [0.2, 0.25) is 0 Å². The second-order valence-electron chi connectivity index (χ2n) is 4.25. The zero-order valence-corrected chi connectivity index (χ0v) is 11.0. The van der Waals surface area contributed by atoms with E-state index in [1.165, 1.54) is 7.11 Å². The zero-order valence-electron chi connectivity index (χ0n) is 11.0. The highest BCUT2D eigenvalue weighted by Gasteiger charge is 2.09. The predicted octanol–water partition coefficient (Wildman–Crippen LogP) is 2.05. The number of pyridine rings is 1. The zero-order chi connectivity index (χ0) is 13.7. The standard InChI is InChI=1S/C14H17N3O2/c1-10(12-5-3-4-8-15-12)16-9-11-6-7-13(17-11)14(18)19-2/h3-8,10,16-17H,9H2,1-2H3. The van der Waals surface area contributed by atoms with E-state index < -0.39 is 0 Å². The van der Waals surface area contributed by atoms with Gasteiger partial charge >= 0.3 is 5.97 Å². The molecular weight excluding hydrogens is 242 g/mol. The lowest BCUT2D eigenvalue weighted by molar-refractivity contribution is 0.0594. The van der Waals surface area contributed by atoms with Gasteiger partial charge in [-0.05, 0) is 31.2 Å². The van der Waals surface area contributed by atoms with E-state index in [-0.39, 0.29) is 12.0 Å². The largest absolute Gasteiger partial charge is 0.464 e. The molecule has 0 fully saturated rings. The van der Waals surface area contributed by atoms with E-state index in [0.717, 1.165) is 11.4 Å². The maximum Gasteiger partial charge on any atom is 0.354 e. The van der Waals surface area contributed by atoms with Crippen LogP contribution in [0, 0.1) is 0 Å². The number of carbonyl (C=O) groups is 1. The van der Waals surface area contributed by atoms with E-state index in [1.54, 1.807) is 12.3 Å². The summed E-state index contributed by atoms with van der Waals surface area (Å²) >= 11 is 0. The number of methoxy groups -OCH3 is 1. The van der Waals surface area contributed by atoms with Crippen molar-refractivity contribution in [3.8, 4) is 0 Å². The van der Waals surface area contributed by atoms with E-state index in [2.05, 4.69) is 20.0 Å². The van der Waals surface area contributed by atoms with Gasteiger partial charge in [-0.25, -0.2) is 4.79 Å². The van der Waals surface area contributed by atoms with Crippen molar-refractivity contribution in [2.24, 2.45) is 0 Å². The first-order valence-electron chi connectivity index (χ1n) is 6.11. The number of H-pyrrole nitrogens is 1. The molecule has 2 aromatic heterocycles. The van der Waals surface area contributed by atoms with Crippen LogP contribution in [0.25, 0.3) is 0 Å².